The smallest absolute Gasteiger partial charge is 0.119 e. The minimum atomic E-state index is -1.18. The van der Waals surface area contributed by atoms with E-state index in [1.807, 2.05) is 13.0 Å². The van der Waals surface area contributed by atoms with Crippen molar-refractivity contribution in [2.45, 2.75) is 32.6 Å². The molecule has 0 amide bonds. The Labute approximate surface area is 133 Å². The predicted molar refractivity (Wildman–Crippen MR) is 83.0 cm³/mol. The van der Waals surface area contributed by atoms with Crippen molar-refractivity contribution < 1.29 is 29.3 Å². The molecule has 22 heavy (non-hydrogen) atoms. The lowest BCUT2D eigenvalue weighted by molar-refractivity contribution is -0.923. The molecule has 2 N–H and O–H groups in total. The standard InChI is InChI=1S/C16H31NO5/c1-2-3-4-5-6-7-13-22-14-10-17(8-11-18,9-12-19)15-16(20)21/h2-3,18-19H,4-15H2,1H3/b3-2+. The van der Waals surface area contributed by atoms with Gasteiger partial charge >= 0.3 is 0 Å². The summed E-state index contributed by atoms with van der Waals surface area (Å²) < 4.78 is 5.65. The van der Waals surface area contributed by atoms with Crippen LogP contribution in [0.3, 0.4) is 0 Å². The fourth-order valence-electron chi connectivity index (χ4n) is 2.44. The maximum absolute atomic E-state index is 10.9. The lowest BCUT2D eigenvalue weighted by Gasteiger charge is -2.38. The van der Waals surface area contributed by atoms with Gasteiger partial charge in [0, 0.05) is 6.61 Å². The number of quaternary nitrogens is 1. The average Bonchev–Trinajstić information content (AvgIpc) is 2.45. The Balaban J connectivity index is 3.99. The zero-order chi connectivity index (χ0) is 16.7. The van der Waals surface area contributed by atoms with Crippen molar-refractivity contribution in [3.05, 3.63) is 12.2 Å². The van der Waals surface area contributed by atoms with E-state index < -0.39 is 5.97 Å². The van der Waals surface area contributed by atoms with E-state index in [9.17, 15) is 9.90 Å². The number of hydrogen-bond acceptors (Lipinski definition) is 5. The van der Waals surface area contributed by atoms with Crippen molar-refractivity contribution in [3.8, 4) is 0 Å². The Morgan fingerprint density at radius 3 is 2.32 bits per heavy atom. The van der Waals surface area contributed by atoms with Crippen LogP contribution in [0.25, 0.3) is 0 Å². The molecule has 6 heteroatoms. The van der Waals surface area contributed by atoms with Gasteiger partial charge in [-0.3, -0.25) is 0 Å². The molecule has 0 saturated heterocycles. The molecule has 0 heterocycles. The molecule has 130 valence electrons. The first-order chi connectivity index (χ1) is 10.6. The Bertz CT molecular complexity index is 301. The van der Waals surface area contributed by atoms with Crippen LogP contribution in [0, 0.1) is 0 Å². The number of unbranched alkanes of at least 4 members (excludes halogenated alkanes) is 3. The summed E-state index contributed by atoms with van der Waals surface area (Å²) in [6.07, 6.45) is 8.53. The summed E-state index contributed by atoms with van der Waals surface area (Å²) in [6.45, 7) is 3.63. The summed E-state index contributed by atoms with van der Waals surface area (Å²) in [5.41, 5.74) is 0. The number of ether oxygens (including phenoxy) is 1. The molecule has 0 bridgehead atoms. The average molecular weight is 317 g/mol. The number of carboxylic acids is 1. The van der Waals surface area contributed by atoms with Crippen LogP contribution in [0.2, 0.25) is 0 Å². The first-order valence-electron chi connectivity index (χ1n) is 8.06. The van der Waals surface area contributed by atoms with Gasteiger partial charge in [-0.25, -0.2) is 0 Å². The molecule has 0 atom stereocenters. The number of aliphatic hydroxyl groups is 2. The quantitative estimate of drug-likeness (QED) is 0.246. The molecule has 0 aliphatic carbocycles. The van der Waals surface area contributed by atoms with Crippen molar-refractivity contribution in [2.24, 2.45) is 0 Å². The predicted octanol–water partition coefficient (Wildman–Crippen LogP) is -0.309. The maximum Gasteiger partial charge on any atom is 0.119 e. The summed E-state index contributed by atoms with van der Waals surface area (Å²) in [7, 11) is 0. The number of hydrogen-bond donors (Lipinski definition) is 2. The van der Waals surface area contributed by atoms with Gasteiger partial charge in [-0.1, -0.05) is 18.6 Å². The zero-order valence-electron chi connectivity index (χ0n) is 13.7. The molecule has 0 rings (SSSR count). The van der Waals surface area contributed by atoms with E-state index >= 15 is 0 Å². The number of rotatable bonds is 15. The van der Waals surface area contributed by atoms with Gasteiger partial charge < -0.3 is 29.3 Å². The van der Waals surface area contributed by atoms with Crippen molar-refractivity contribution in [2.75, 3.05) is 52.6 Å². The van der Waals surface area contributed by atoms with Crippen LogP contribution < -0.4 is 5.11 Å². The molecule has 0 aliphatic rings. The van der Waals surface area contributed by atoms with Crippen molar-refractivity contribution in [1.29, 1.82) is 0 Å². The van der Waals surface area contributed by atoms with Crippen molar-refractivity contribution >= 4 is 5.97 Å². The monoisotopic (exact) mass is 317 g/mol. The molecule has 0 aromatic carbocycles. The number of allylic oxidation sites excluding steroid dienone is 2. The van der Waals surface area contributed by atoms with Crippen LogP contribution in [-0.2, 0) is 9.53 Å². The lowest BCUT2D eigenvalue weighted by Crippen LogP contribution is -2.58. The lowest BCUT2D eigenvalue weighted by atomic mass is 10.2. The minimum absolute atomic E-state index is 0.0939. The molecule has 0 saturated carbocycles. The van der Waals surface area contributed by atoms with Gasteiger partial charge in [0.15, 0.2) is 0 Å². The van der Waals surface area contributed by atoms with E-state index in [4.69, 9.17) is 14.9 Å². The molecule has 0 spiro atoms. The Morgan fingerprint density at radius 1 is 1.09 bits per heavy atom. The molecule has 6 nitrogen and oxygen atoms in total. The number of aliphatic hydroxyl groups excluding tert-OH is 2. The summed E-state index contributed by atoms with van der Waals surface area (Å²) in [5.74, 6) is -1.18. The third kappa shape index (κ3) is 10.7. The highest BCUT2D eigenvalue weighted by Gasteiger charge is 2.26. The molecule has 0 aliphatic heterocycles. The normalized spacial score (nSPS) is 12.1. The first kappa shape index (κ1) is 21.0. The number of carboxylic acid groups (broad SMARTS) is 1. The maximum atomic E-state index is 10.9. The SMILES string of the molecule is C/C=C/CCCCCOCC[N+](CCO)(CCO)CC(=O)[O-]. The Hall–Kier alpha value is -0.950. The molecular formula is C16H31NO5. The van der Waals surface area contributed by atoms with Gasteiger partial charge in [0.25, 0.3) is 0 Å². The van der Waals surface area contributed by atoms with Gasteiger partial charge in [-0.15, -0.1) is 0 Å². The van der Waals surface area contributed by atoms with Crippen LogP contribution >= 0.6 is 0 Å². The van der Waals surface area contributed by atoms with Crippen LogP contribution in [0.1, 0.15) is 32.6 Å². The molecule has 0 aromatic rings. The second-order valence-corrected chi connectivity index (χ2v) is 5.52. The van der Waals surface area contributed by atoms with E-state index in [0.29, 0.717) is 19.8 Å². The number of carbonyl (C=O) groups is 1. The topological polar surface area (TPSA) is 89.8 Å². The highest BCUT2D eigenvalue weighted by molar-refractivity contribution is 5.65. The second kappa shape index (κ2) is 13.7. The van der Waals surface area contributed by atoms with Crippen molar-refractivity contribution in [1.82, 2.24) is 0 Å². The molecular weight excluding hydrogens is 286 g/mol. The fourth-order valence-corrected chi connectivity index (χ4v) is 2.44. The first-order valence-corrected chi connectivity index (χ1v) is 8.06. The minimum Gasteiger partial charge on any atom is -0.544 e. The van der Waals surface area contributed by atoms with Gasteiger partial charge in [0.2, 0.25) is 0 Å². The Morgan fingerprint density at radius 2 is 1.77 bits per heavy atom. The summed E-state index contributed by atoms with van der Waals surface area (Å²) in [6, 6.07) is 0. The Kier molecular flexibility index (Phi) is 13.1. The van der Waals surface area contributed by atoms with Gasteiger partial charge in [-0.2, -0.15) is 0 Å². The third-order valence-electron chi connectivity index (χ3n) is 3.72. The van der Waals surface area contributed by atoms with Gasteiger partial charge in [0.05, 0.1) is 25.8 Å². The van der Waals surface area contributed by atoms with E-state index in [2.05, 4.69) is 6.08 Å². The summed E-state index contributed by atoms with van der Waals surface area (Å²) in [4.78, 5) is 10.9. The fraction of sp³-hybridized carbons (Fsp3) is 0.812. The van der Waals surface area contributed by atoms with Crippen LogP contribution in [0.4, 0.5) is 0 Å². The third-order valence-corrected chi connectivity index (χ3v) is 3.72. The van der Waals surface area contributed by atoms with E-state index in [0.717, 1.165) is 25.7 Å². The summed E-state index contributed by atoms with van der Waals surface area (Å²) >= 11 is 0. The molecule has 0 aromatic heterocycles. The summed E-state index contributed by atoms with van der Waals surface area (Å²) in [5, 5.41) is 29.1. The van der Waals surface area contributed by atoms with Crippen LogP contribution in [-0.4, -0.2) is 73.3 Å². The molecule has 0 unspecified atom stereocenters. The van der Waals surface area contributed by atoms with Crippen LogP contribution in [0.15, 0.2) is 12.2 Å². The largest absolute Gasteiger partial charge is 0.544 e. The van der Waals surface area contributed by atoms with E-state index in [1.54, 1.807) is 0 Å². The number of nitrogens with zero attached hydrogens (tertiary/aromatic N) is 1. The van der Waals surface area contributed by atoms with E-state index in [1.165, 1.54) is 0 Å². The second-order valence-electron chi connectivity index (χ2n) is 5.52. The molecule has 0 fully saturated rings. The highest BCUT2D eigenvalue weighted by Crippen LogP contribution is 2.06. The van der Waals surface area contributed by atoms with E-state index in [-0.39, 0.29) is 37.3 Å². The zero-order valence-corrected chi connectivity index (χ0v) is 13.7. The van der Waals surface area contributed by atoms with Gasteiger partial charge in [-0.05, 0) is 26.2 Å². The number of carbonyl (C=O) groups excluding carboxylic acids is 1. The number of aliphatic carboxylic acids is 1. The highest BCUT2D eigenvalue weighted by atomic mass is 16.5. The molecule has 0 radical (unpaired) electrons. The van der Waals surface area contributed by atoms with Crippen molar-refractivity contribution in [3.63, 3.8) is 0 Å². The van der Waals surface area contributed by atoms with Crippen LogP contribution in [0.5, 0.6) is 0 Å². The van der Waals surface area contributed by atoms with Gasteiger partial charge in [0.1, 0.15) is 26.2 Å².